The number of carbonyl (C=O) groups is 1. The van der Waals surface area contributed by atoms with Gasteiger partial charge in [0.25, 0.3) is 5.91 Å². The van der Waals surface area contributed by atoms with Gasteiger partial charge in [0.15, 0.2) is 0 Å². The molecule has 2 aromatic heterocycles. The maximum atomic E-state index is 12.6. The number of pyridine rings is 1. The maximum Gasteiger partial charge on any atom is 0.253 e. The lowest BCUT2D eigenvalue weighted by Gasteiger charge is -2.16. The number of hydrogen-bond donors (Lipinski definition) is 2. The lowest BCUT2D eigenvalue weighted by molar-refractivity contribution is 0.0935. The molecule has 2 rings (SSSR count). The zero-order valence-corrected chi connectivity index (χ0v) is 17.3. The van der Waals surface area contributed by atoms with Gasteiger partial charge in [-0.2, -0.15) is 0 Å². The summed E-state index contributed by atoms with van der Waals surface area (Å²) in [4.78, 5) is 17.0. The summed E-state index contributed by atoms with van der Waals surface area (Å²) in [5.74, 6) is -0.0399. The van der Waals surface area contributed by atoms with Crippen LogP contribution in [0.4, 0.5) is 0 Å². The van der Waals surface area contributed by atoms with Gasteiger partial charge < -0.3 is 15.6 Å². The van der Waals surface area contributed by atoms with E-state index < -0.39 is 0 Å². The summed E-state index contributed by atoms with van der Waals surface area (Å²) in [5, 5.41) is 3.07. The summed E-state index contributed by atoms with van der Waals surface area (Å²) in [5.41, 5.74) is 9.51. The van der Waals surface area contributed by atoms with Crippen molar-refractivity contribution in [3.05, 3.63) is 53.1 Å². The Bertz CT molecular complexity index is 674. The largest absolute Gasteiger partial charge is 0.348 e. The van der Waals surface area contributed by atoms with Crippen LogP contribution in [0, 0.1) is 13.8 Å². The van der Waals surface area contributed by atoms with Crippen molar-refractivity contribution in [2.75, 3.05) is 6.54 Å². The van der Waals surface area contributed by atoms with Gasteiger partial charge in [0.05, 0.1) is 17.8 Å². The van der Waals surface area contributed by atoms with Gasteiger partial charge in [-0.05, 0) is 38.5 Å². The van der Waals surface area contributed by atoms with Crippen LogP contribution in [0.2, 0.25) is 0 Å². The molecule has 26 heavy (non-hydrogen) atoms. The number of amides is 1. The molecule has 0 aliphatic heterocycles. The van der Waals surface area contributed by atoms with E-state index in [-0.39, 0.29) is 36.8 Å². The van der Waals surface area contributed by atoms with Gasteiger partial charge in [0.2, 0.25) is 0 Å². The molecule has 0 radical (unpaired) electrons. The summed E-state index contributed by atoms with van der Waals surface area (Å²) < 4.78 is 2.13. The number of carbonyl (C=O) groups excluding carboxylic acids is 1. The van der Waals surface area contributed by atoms with Crippen molar-refractivity contribution in [3.8, 4) is 0 Å². The number of nitrogens with two attached hydrogens (primary N) is 1. The van der Waals surface area contributed by atoms with Crippen molar-refractivity contribution < 1.29 is 4.79 Å². The first-order chi connectivity index (χ1) is 11.6. The van der Waals surface area contributed by atoms with Crippen LogP contribution in [-0.2, 0) is 6.54 Å². The molecule has 0 fully saturated rings. The van der Waals surface area contributed by atoms with Crippen molar-refractivity contribution in [3.63, 3.8) is 0 Å². The van der Waals surface area contributed by atoms with Gasteiger partial charge in [0, 0.05) is 30.2 Å². The molecule has 146 valence electrons. The Balaban J connectivity index is 0.00000312. The first-order valence-corrected chi connectivity index (χ1v) is 8.64. The van der Waals surface area contributed by atoms with Gasteiger partial charge in [0.1, 0.15) is 0 Å². The van der Waals surface area contributed by atoms with E-state index >= 15 is 0 Å². The van der Waals surface area contributed by atoms with Crippen LogP contribution < -0.4 is 11.1 Å². The van der Waals surface area contributed by atoms with Crippen molar-refractivity contribution in [1.29, 1.82) is 0 Å². The third-order valence-corrected chi connectivity index (χ3v) is 4.39. The molecule has 1 atom stereocenters. The number of rotatable bonds is 8. The van der Waals surface area contributed by atoms with E-state index in [4.69, 9.17) is 5.73 Å². The lowest BCUT2D eigenvalue weighted by Crippen LogP contribution is -2.40. The minimum Gasteiger partial charge on any atom is -0.348 e. The Hall–Kier alpha value is -1.56. The zero-order chi connectivity index (χ0) is 17.5. The summed E-state index contributed by atoms with van der Waals surface area (Å²) >= 11 is 0. The number of unbranched alkanes of at least 4 members (excludes halogenated alkanes) is 1. The summed E-state index contributed by atoms with van der Waals surface area (Å²) in [6.45, 7) is 7.28. The average Bonchev–Trinajstić information content (AvgIpc) is 2.87. The van der Waals surface area contributed by atoms with Crippen LogP contribution >= 0.6 is 24.8 Å². The average molecular weight is 401 g/mol. The molecular formula is C19H30Cl2N4O. The lowest BCUT2D eigenvalue weighted by atomic mass is 10.1. The predicted molar refractivity (Wildman–Crippen MR) is 112 cm³/mol. The molecule has 1 amide bonds. The van der Waals surface area contributed by atoms with E-state index in [2.05, 4.69) is 21.8 Å². The summed E-state index contributed by atoms with van der Waals surface area (Å²) in [6.07, 6.45) is 4.88. The molecule has 0 saturated carbocycles. The molecule has 0 saturated heterocycles. The monoisotopic (exact) mass is 400 g/mol. The third-order valence-electron chi connectivity index (χ3n) is 4.39. The molecule has 2 heterocycles. The van der Waals surface area contributed by atoms with Crippen LogP contribution in [-0.4, -0.2) is 28.0 Å². The van der Waals surface area contributed by atoms with E-state index in [1.165, 1.54) is 0 Å². The molecular weight excluding hydrogens is 371 g/mol. The van der Waals surface area contributed by atoms with Crippen molar-refractivity contribution >= 4 is 30.7 Å². The SMILES string of the molecule is CCCCC(CN)NC(=O)c1cc(C)n(Cc2ccccn2)c1C.Cl.Cl. The highest BCUT2D eigenvalue weighted by atomic mass is 35.5. The second kappa shape index (κ2) is 11.9. The van der Waals surface area contributed by atoms with Crippen molar-refractivity contribution in [2.24, 2.45) is 5.73 Å². The molecule has 5 nitrogen and oxygen atoms in total. The molecule has 0 aromatic carbocycles. The topological polar surface area (TPSA) is 72.9 Å². The fraction of sp³-hybridized carbons (Fsp3) is 0.474. The highest BCUT2D eigenvalue weighted by molar-refractivity contribution is 5.95. The highest BCUT2D eigenvalue weighted by Crippen LogP contribution is 2.17. The van der Waals surface area contributed by atoms with Gasteiger partial charge in [-0.15, -0.1) is 24.8 Å². The van der Waals surface area contributed by atoms with Crippen molar-refractivity contribution in [2.45, 2.75) is 52.6 Å². The molecule has 0 aliphatic rings. The number of hydrogen-bond acceptors (Lipinski definition) is 3. The first-order valence-electron chi connectivity index (χ1n) is 8.64. The van der Waals surface area contributed by atoms with Crippen molar-refractivity contribution in [1.82, 2.24) is 14.9 Å². The normalized spacial score (nSPS) is 11.2. The highest BCUT2D eigenvalue weighted by Gasteiger charge is 2.18. The van der Waals surface area contributed by atoms with Gasteiger partial charge in [-0.3, -0.25) is 9.78 Å². The standard InChI is InChI=1S/C19H28N4O.2ClH/c1-4-5-8-16(12-20)22-19(24)18-11-14(2)23(15(18)3)13-17-9-6-7-10-21-17;;/h6-7,9-11,16H,4-5,8,12-13,20H2,1-3H3,(H,22,24);2*1H. The zero-order valence-electron chi connectivity index (χ0n) is 15.7. The minimum atomic E-state index is -0.0399. The van der Waals surface area contributed by atoms with Crippen LogP contribution in [0.15, 0.2) is 30.5 Å². The van der Waals surface area contributed by atoms with Crippen LogP contribution in [0.5, 0.6) is 0 Å². The molecule has 0 bridgehead atoms. The first kappa shape index (κ1) is 24.4. The number of aromatic nitrogens is 2. The van der Waals surface area contributed by atoms with E-state index in [9.17, 15) is 4.79 Å². The molecule has 2 aromatic rings. The number of nitrogens with zero attached hydrogens (tertiary/aromatic N) is 2. The minimum absolute atomic E-state index is 0. The Labute approximate surface area is 168 Å². The maximum absolute atomic E-state index is 12.6. The van der Waals surface area contributed by atoms with Crippen LogP contribution in [0.3, 0.4) is 0 Å². The van der Waals surface area contributed by atoms with Crippen LogP contribution in [0.25, 0.3) is 0 Å². The van der Waals surface area contributed by atoms with Gasteiger partial charge in [-0.25, -0.2) is 0 Å². The Morgan fingerprint density at radius 2 is 2.04 bits per heavy atom. The Morgan fingerprint density at radius 1 is 1.31 bits per heavy atom. The number of aryl methyl sites for hydroxylation is 1. The second-order valence-electron chi connectivity index (χ2n) is 6.24. The number of nitrogens with one attached hydrogen (secondary N) is 1. The fourth-order valence-electron chi connectivity index (χ4n) is 2.89. The quantitative estimate of drug-likeness (QED) is 0.709. The Kier molecular flexibility index (Phi) is 11.2. The molecule has 0 aliphatic carbocycles. The second-order valence-corrected chi connectivity index (χ2v) is 6.24. The van der Waals surface area contributed by atoms with E-state index in [1.807, 2.05) is 38.1 Å². The van der Waals surface area contributed by atoms with E-state index in [1.54, 1.807) is 6.20 Å². The van der Waals surface area contributed by atoms with E-state index in [0.29, 0.717) is 13.1 Å². The smallest absolute Gasteiger partial charge is 0.253 e. The molecule has 1 unspecified atom stereocenters. The molecule has 3 N–H and O–H groups in total. The fourth-order valence-corrected chi connectivity index (χ4v) is 2.89. The van der Waals surface area contributed by atoms with Gasteiger partial charge >= 0.3 is 0 Å². The molecule has 7 heteroatoms. The summed E-state index contributed by atoms with van der Waals surface area (Å²) in [6, 6.07) is 7.86. The van der Waals surface area contributed by atoms with Crippen LogP contribution in [0.1, 0.15) is 53.6 Å². The summed E-state index contributed by atoms with van der Waals surface area (Å²) in [7, 11) is 0. The molecule has 0 spiro atoms. The van der Waals surface area contributed by atoms with Gasteiger partial charge in [-0.1, -0.05) is 25.8 Å². The van der Waals surface area contributed by atoms with E-state index in [0.717, 1.165) is 41.9 Å². The third kappa shape index (κ3) is 6.31. The predicted octanol–water partition coefficient (Wildman–Crippen LogP) is 3.64. The number of halogens is 2. The Morgan fingerprint density at radius 3 is 2.62 bits per heavy atom.